The van der Waals surface area contributed by atoms with Gasteiger partial charge in [0.2, 0.25) is 0 Å². The molecule has 30 heavy (non-hydrogen) atoms. The summed E-state index contributed by atoms with van der Waals surface area (Å²) in [6.45, 7) is 4.93. The molecule has 0 heterocycles. The smallest absolute Gasteiger partial charge is 0.215 e. The van der Waals surface area contributed by atoms with Crippen molar-refractivity contribution < 1.29 is 51.6 Å². The highest BCUT2D eigenvalue weighted by Crippen LogP contribution is 2.59. The van der Waals surface area contributed by atoms with Crippen molar-refractivity contribution >= 4 is 20.4 Å². The monoisotopic (exact) mass is 502 g/mol. The maximum absolute atomic E-state index is 14.0. The molecule has 0 saturated carbocycles. The van der Waals surface area contributed by atoms with Crippen molar-refractivity contribution in [2.24, 2.45) is 0 Å². The predicted molar refractivity (Wildman–Crippen MR) is 97.8 cm³/mol. The molecule has 0 atom stereocenters. The topological polar surface area (TPSA) is 43.4 Å². The second kappa shape index (κ2) is 10.5. The van der Waals surface area contributed by atoms with Crippen LogP contribution >= 0.6 is 10.3 Å². The minimum absolute atomic E-state index is 0.0857. The zero-order chi connectivity index (χ0) is 24.1. The summed E-state index contributed by atoms with van der Waals surface area (Å²) in [5.74, 6) is -14.9. The summed E-state index contributed by atoms with van der Waals surface area (Å²) in [5, 5.41) is -6.80. The maximum Gasteiger partial charge on any atom is 0.460 e. The molecule has 0 aliphatic rings. The molecule has 0 aliphatic carbocycles. The number of halogens is 9. The molecule has 184 valence electrons. The Morgan fingerprint density at radius 2 is 1.07 bits per heavy atom. The van der Waals surface area contributed by atoms with Crippen molar-refractivity contribution in [3.8, 4) is 0 Å². The quantitative estimate of drug-likeness (QED) is 0.192. The number of alkyl halides is 9. The highest BCUT2D eigenvalue weighted by Gasteiger charge is 2.86. The highest BCUT2D eigenvalue weighted by atomic mass is 32.3. The second-order valence-electron chi connectivity index (χ2n) is 6.76. The molecule has 3 nitrogen and oxygen atoms in total. The Bertz CT molecular complexity index is 624. The first-order valence-electron chi connectivity index (χ1n) is 9.31. The second-order valence-corrected chi connectivity index (χ2v) is 12.1. The minimum Gasteiger partial charge on any atom is -0.215 e. The lowest BCUT2D eigenvalue weighted by Gasteiger charge is -2.40. The van der Waals surface area contributed by atoms with E-state index in [0.717, 1.165) is 0 Å². The summed E-state index contributed by atoms with van der Waals surface area (Å²) >= 11 is 0. The van der Waals surface area contributed by atoms with Gasteiger partial charge in [-0.15, -0.1) is 10.3 Å². The molecular formula is C16H27F9O3S2. The van der Waals surface area contributed by atoms with Crippen LogP contribution in [0.5, 0.6) is 0 Å². The Labute approximate surface area is 172 Å². The van der Waals surface area contributed by atoms with Crippen LogP contribution in [0.2, 0.25) is 0 Å². The summed E-state index contributed by atoms with van der Waals surface area (Å²) in [6.07, 6.45) is -4.16. The van der Waals surface area contributed by atoms with Crippen LogP contribution in [-0.4, -0.2) is 49.0 Å². The standard InChI is InChI=1S/C16H27F9O3S2/c1-4-7-9-11-29(6-3,12-10-8-5-2)28-30(26,27)16(24,25)14(19,20)13(17,18)15(21,22)23/h4-12H2,1-3H3. The van der Waals surface area contributed by atoms with Crippen molar-refractivity contribution in [1.82, 2.24) is 0 Å². The van der Waals surface area contributed by atoms with Gasteiger partial charge in [0.15, 0.2) is 0 Å². The van der Waals surface area contributed by atoms with Gasteiger partial charge >= 0.3 is 33.4 Å². The van der Waals surface area contributed by atoms with E-state index < -0.39 is 43.7 Å². The number of hydrogen-bond acceptors (Lipinski definition) is 3. The first kappa shape index (κ1) is 29.6. The van der Waals surface area contributed by atoms with Crippen molar-refractivity contribution in [3.63, 3.8) is 0 Å². The van der Waals surface area contributed by atoms with E-state index in [9.17, 15) is 47.9 Å². The Morgan fingerprint density at radius 3 is 1.37 bits per heavy atom. The summed E-state index contributed by atoms with van der Waals surface area (Å²) in [5.41, 5.74) is 0. The molecule has 0 fully saturated rings. The fourth-order valence-electron chi connectivity index (χ4n) is 2.49. The van der Waals surface area contributed by atoms with Crippen LogP contribution in [0.4, 0.5) is 39.5 Å². The van der Waals surface area contributed by atoms with Gasteiger partial charge in [-0.25, -0.2) is 3.63 Å². The lowest BCUT2D eigenvalue weighted by molar-refractivity contribution is -0.382. The molecule has 0 aliphatic heterocycles. The molecule has 0 aromatic carbocycles. The first-order valence-corrected chi connectivity index (χ1v) is 12.8. The lowest BCUT2D eigenvalue weighted by atomic mass is 10.1. The van der Waals surface area contributed by atoms with Crippen molar-refractivity contribution in [2.45, 2.75) is 82.6 Å². The van der Waals surface area contributed by atoms with E-state index in [1.807, 2.05) is 0 Å². The van der Waals surface area contributed by atoms with E-state index in [1.54, 1.807) is 13.8 Å². The molecule has 0 N–H and O–H groups in total. The van der Waals surface area contributed by atoms with Crippen molar-refractivity contribution in [2.75, 3.05) is 17.3 Å². The molecule has 0 radical (unpaired) electrons. The largest absolute Gasteiger partial charge is 0.460 e. The molecule has 0 unspecified atom stereocenters. The van der Waals surface area contributed by atoms with Gasteiger partial charge in [0.1, 0.15) is 0 Å². The zero-order valence-corrected chi connectivity index (χ0v) is 18.4. The van der Waals surface area contributed by atoms with Crippen molar-refractivity contribution in [3.05, 3.63) is 0 Å². The Kier molecular flexibility index (Phi) is 10.4. The summed E-state index contributed by atoms with van der Waals surface area (Å²) in [4.78, 5) is 0. The summed E-state index contributed by atoms with van der Waals surface area (Å²) in [7, 11) is -9.82. The molecule has 0 saturated heterocycles. The molecule has 0 rings (SSSR count). The van der Waals surface area contributed by atoms with E-state index in [4.69, 9.17) is 0 Å². The van der Waals surface area contributed by atoms with Crippen LogP contribution in [0.25, 0.3) is 0 Å². The maximum atomic E-state index is 14.0. The first-order chi connectivity index (χ1) is 13.4. The van der Waals surface area contributed by atoms with Gasteiger partial charge in [0, 0.05) is 11.5 Å². The molecule has 0 aromatic heterocycles. The van der Waals surface area contributed by atoms with Gasteiger partial charge < -0.3 is 0 Å². The average molecular weight is 503 g/mol. The predicted octanol–water partition coefficient (Wildman–Crippen LogP) is 6.88. The lowest BCUT2D eigenvalue weighted by Crippen LogP contribution is -2.63. The SMILES string of the molecule is CCCCCS(CC)(CCCCC)OS(=O)(=O)C(F)(F)C(F)(F)C(F)(F)C(F)(F)F. The van der Waals surface area contributed by atoms with Gasteiger partial charge in [-0.05, 0) is 18.6 Å². The third-order valence-electron chi connectivity index (χ3n) is 4.43. The average Bonchev–Trinajstić information content (AvgIpc) is 2.60. The van der Waals surface area contributed by atoms with Crippen LogP contribution in [0.1, 0.15) is 59.3 Å². The van der Waals surface area contributed by atoms with E-state index >= 15 is 0 Å². The molecule has 0 aromatic rings. The van der Waals surface area contributed by atoms with Gasteiger partial charge in [-0.1, -0.05) is 46.5 Å². The third kappa shape index (κ3) is 6.11. The Hall–Kier alpha value is -0.370. The fraction of sp³-hybridized carbons (Fsp3) is 1.00. The minimum atomic E-state index is -7.30. The van der Waals surface area contributed by atoms with Crippen LogP contribution in [-0.2, 0) is 13.7 Å². The van der Waals surface area contributed by atoms with E-state index in [2.05, 4.69) is 3.63 Å². The summed E-state index contributed by atoms with van der Waals surface area (Å²) < 4.78 is 147. The normalized spacial score (nSPS) is 15.5. The van der Waals surface area contributed by atoms with Gasteiger partial charge in [0.05, 0.1) is 0 Å². The van der Waals surface area contributed by atoms with Gasteiger partial charge in [-0.2, -0.15) is 47.9 Å². The van der Waals surface area contributed by atoms with Gasteiger partial charge in [0.25, 0.3) is 0 Å². The fourth-order valence-corrected chi connectivity index (χ4v) is 7.96. The van der Waals surface area contributed by atoms with Crippen molar-refractivity contribution in [1.29, 1.82) is 0 Å². The summed E-state index contributed by atoms with van der Waals surface area (Å²) in [6, 6.07) is 0. The van der Waals surface area contributed by atoms with Crippen LogP contribution in [0.15, 0.2) is 0 Å². The number of hydrogen-bond donors (Lipinski definition) is 0. The third-order valence-corrected chi connectivity index (χ3v) is 10.3. The molecule has 0 amide bonds. The highest BCUT2D eigenvalue weighted by molar-refractivity contribution is 8.33. The Balaban J connectivity index is 6.12. The number of unbranched alkanes of at least 4 members (excludes halogenated alkanes) is 4. The molecule has 0 spiro atoms. The molecular weight excluding hydrogens is 475 g/mol. The van der Waals surface area contributed by atoms with Gasteiger partial charge in [-0.3, -0.25) is 0 Å². The van der Waals surface area contributed by atoms with Crippen LogP contribution in [0, 0.1) is 0 Å². The van der Waals surface area contributed by atoms with Crippen LogP contribution in [0.3, 0.4) is 0 Å². The number of rotatable bonds is 14. The van der Waals surface area contributed by atoms with E-state index in [-0.39, 0.29) is 17.3 Å². The van der Waals surface area contributed by atoms with E-state index in [0.29, 0.717) is 38.5 Å². The molecule has 14 heteroatoms. The van der Waals surface area contributed by atoms with E-state index in [1.165, 1.54) is 6.92 Å². The molecule has 0 bridgehead atoms. The zero-order valence-electron chi connectivity index (χ0n) is 16.8. The Morgan fingerprint density at radius 1 is 0.667 bits per heavy atom. The van der Waals surface area contributed by atoms with Crippen LogP contribution < -0.4 is 0 Å².